The monoisotopic (exact) mass is 280 g/mol. The Morgan fingerprint density at radius 3 is 2.68 bits per heavy atom. The highest BCUT2D eigenvalue weighted by atomic mass is 32.2. The maximum atomic E-state index is 12.1. The lowest BCUT2D eigenvalue weighted by atomic mass is 9.95. The molecule has 104 valence electrons. The van der Waals surface area contributed by atoms with Gasteiger partial charge in [0.1, 0.15) is 11.5 Å². The first-order valence-corrected chi connectivity index (χ1v) is 7.85. The van der Waals surface area contributed by atoms with Gasteiger partial charge in [0.15, 0.2) is 0 Å². The summed E-state index contributed by atoms with van der Waals surface area (Å²) in [4.78, 5) is 20.3. The Hall–Kier alpha value is -1.30. The number of hydrogen-bond donors (Lipinski definition) is 2. The van der Waals surface area contributed by atoms with Crippen LogP contribution in [0.4, 0.5) is 5.82 Å². The summed E-state index contributed by atoms with van der Waals surface area (Å²) in [5.41, 5.74) is 0.374. The third-order valence-electron chi connectivity index (χ3n) is 3.47. The van der Waals surface area contributed by atoms with Crippen molar-refractivity contribution in [3.05, 3.63) is 18.1 Å². The number of carbonyl (C=O) groups excluding carboxylic acids is 1. The van der Waals surface area contributed by atoms with E-state index in [1.54, 1.807) is 13.2 Å². The van der Waals surface area contributed by atoms with Crippen molar-refractivity contribution < 1.29 is 4.79 Å². The van der Waals surface area contributed by atoms with Crippen molar-refractivity contribution in [3.63, 3.8) is 0 Å². The second-order valence-corrected chi connectivity index (χ2v) is 5.86. The standard InChI is InChI=1S/C13H20N4OS/c1-14-12-8-15-7-11(17-12)13(18)16-9-3-5-10(19-2)6-4-9/h7-10H,3-6H2,1-2H3,(H,14,17)(H,16,18). The first-order chi connectivity index (χ1) is 9.22. The van der Waals surface area contributed by atoms with Gasteiger partial charge < -0.3 is 10.6 Å². The van der Waals surface area contributed by atoms with E-state index < -0.39 is 0 Å². The fourth-order valence-corrected chi connectivity index (χ4v) is 3.04. The number of amides is 1. The first-order valence-electron chi connectivity index (χ1n) is 6.56. The SMILES string of the molecule is CNc1cncc(C(=O)NC2CCC(SC)CC2)n1. The quantitative estimate of drug-likeness (QED) is 0.882. The average Bonchev–Trinajstić information content (AvgIpc) is 2.48. The number of anilines is 1. The molecule has 19 heavy (non-hydrogen) atoms. The van der Waals surface area contributed by atoms with Crippen LogP contribution in [0.3, 0.4) is 0 Å². The van der Waals surface area contributed by atoms with Crippen molar-refractivity contribution in [2.24, 2.45) is 0 Å². The summed E-state index contributed by atoms with van der Waals surface area (Å²) in [5, 5.41) is 6.69. The maximum Gasteiger partial charge on any atom is 0.271 e. The molecule has 1 aliphatic rings. The molecule has 0 radical (unpaired) electrons. The normalized spacial score (nSPS) is 22.8. The highest BCUT2D eigenvalue weighted by molar-refractivity contribution is 7.99. The molecule has 0 bridgehead atoms. The summed E-state index contributed by atoms with van der Waals surface area (Å²) >= 11 is 1.92. The van der Waals surface area contributed by atoms with Gasteiger partial charge >= 0.3 is 0 Å². The van der Waals surface area contributed by atoms with Gasteiger partial charge in [0.05, 0.1) is 12.4 Å². The van der Waals surface area contributed by atoms with E-state index in [1.165, 1.54) is 19.0 Å². The van der Waals surface area contributed by atoms with Gasteiger partial charge in [0.25, 0.3) is 5.91 Å². The van der Waals surface area contributed by atoms with Crippen molar-refractivity contribution in [3.8, 4) is 0 Å². The molecule has 0 aromatic carbocycles. The van der Waals surface area contributed by atoms with Crippen molar-refractivity contribution >= 4 is 23.5 Å². The summed E-state index contributed by atoms with van der Waals surface area (Å²) in [7, 11) is 1.76. The fourth-order valence-electron chi connectivity index (χ4n) is 2.30. The molecular weight excluding hydrogens is 260 g/mol. The lowest BCUT2D eigenvalue weighted by Gasteiger charge is -2.27. The zero-order valence-electron chi connectivity index (χ0n) is 11.3. The summed E-state index contributed by atoms with van der Waals surface area (Å²) in [6, 6.07) is 0.274. The van der Waals surface area contributed by atoms with Crippen molar-refractivity contribution in [2.45, 2.75) is 37.0 Å². The highest BCUT2D eigenvalue weighted by Crippen LogP contribution is 2.26. The van der Waals surface area contributed by atoms with Crippen LogP contribution in [-0.2, 0) is 0 Å². The molecule has 2 rings (SSSR count). The average molecular weight is 280 g/mol. The van der Waals surface area contributed by atoms with E-state index >= 15 is 0 Å². The van der Waals surface area contributed by atoms with Gasteiger partial charge in [-0.25, -0.2) is 4.98 Å². The predicted molar refractivity (Wildman–Crippen MR) is 78.6 cm³/mol. The number of thioether (sulfide) groups is 1. The molecule has 1 heterocycles. The molecular formula is C13H20N4OS. The lowest BCUT2D eigenvalue weighted by molar-refractivity contribution is 0.0923. The smallest absolute Gasteiger partial charge is 0.271 e. The van der Waals surface area contributed by atoms with Crippen LogP contribution in [0.1, 0.15) is 36.2 Å². The maximum absolute atomic E-state index is 12.1. The number of nitrogens with zero attached hydrogens (tertiary/aromatic N) is 2. The lowest BCUT2D eigenvalue weighted by Crippen LogP contribution is -2.38. The summed E-state index contributed by atoms with van der Waals surface area (Å²) in [6.45, 7) is 0. The Labute approximate surface area is 118 Å². The van der Waals surface area contributed by atoms with Crippen LogP contribution >= 0.6 is 11.8 Å². The van der Waals surface area contributed by atoms with Gasteiger partial charge in [0, 0.05) is 18.3 Å². The topological polar surface area (TPSA) is 66.9 Å². The van der Waals surface area contributed by atoms with E-state index in [9.17, 15) is 4.79 Å². The minimum absolute atomic E-state index is 0.128. The first kappa shape index (κ1) is 14.1. The zero-order valence-corrected chi connectivity index (χ0v) is 12.2. The minimum atomic E-state index is -0.128. The van der Waals surface area contributed by atoms with Gasteiger partial charge in [-0.2, -0.15) is 11.8 Å². The van der Waals surface area contributed by atoms with Crippen LogP contribution in [0, 0.1) is 0 Å². The molecule has 0 aliphatic heterocycles. The van der Waals surface area contributed by atoms with Crippen LogP contribution in [0.2, 0.25) is 0 Å². The summed E-state index contributed by atoms with van der Waals surface area (Å²) in [6.07, 6.45) is 9.71. The Balaban J connectivity index is 1.90. The molecule has 1 saturated carbocycles. The number of aromatic nitrogens is 2. The largest absolute Gasteiger partial charge is 0.372 e. The Morgan fingerprint density at radius 1 is 1.32 bits per heavy atom. The van der Waals surface area contributed by atoms with Crippen LogP contribution in [0.15, 0.2) is 12.4 Å². The summed E-state index contributed by atoms with van der Waals surface area (Å²) in [5.74, 6) is 0.482. The van der Waals surface area contributed by atoms with Gasteiger partial charge in [-0.15, -0.1) is 0 Å². The van der Waals surface area contributed by atoms with E-state index in [-0.39, 0.29) is 11.9 Å². The molecule has 1 aromatic heterocycles. The molecule has 6 heteroatoms. The van der Waals surface area contributed by atoms with Crippen LogP contribution < -0.4 is 10.6 Å². The Bertz CT molecular complexity index is 432. The molecule has 1 aromatic rings. The number of carbonyl (C=O) groups is 1. The Kier molecular flexibility index (Phi) is 5.01. The van der Waals surface area contributed by atoms with Crippen LogP contribution in [0.5, 0.6) is 0 Å². The van der Waals surface area contributed by atoms with E-state index in [0.29, 0.717) is 11.5 Å². The van der Waals surface area contributed by atoms with Crippen molar-refractivity contribution in [1.29, 1.82) is 0 Å². The van der Waals surface area contributed by atoms with E-state index in [2.05, 4.69) is 26.9 Å². The van der Waals surface area contributed by atoms with Gasteiger partial charge in [-0.3, -0.25) is 9.78 Å². The Morgan fingerprint density at radius 2 is 2.05 bits per heavy atom. The van der Waals surface area contributed by atoms with Gasteiger partial charge in [-0.1, -0.05) is 0 Å². The number of nitrogens with one attached hydrogen (secondary N) is 2. The third-order valence-corrected chi connectivity index (χ3v) is 4.60. The molecule has 0 atom stereocenters. The third kappa shape index (κ3) is 3.83. The molecule has 0 spiro atoms. The van der Waals surface area contributed by atoms with E-state index in [0.717, 1.165) is 18.1 Å². The zero-order chi connectivity index (χ0) is 13.7. The second kappa shape index (κ2) is 6.75. The molecule has 1 fully saturated rings. The highest BCUT2D eigenvalue weighted by Gasteiger charge is 2.22. The van der Waals surface area contributed by atoms with Crippen molar-refractivity contribution in [1.82, 2.24) is 15.3 Å². The molecule has 0 saturated heterocycles. The van der Waals surface area contributed by atoms with Gasteiger partial charge in [-0.05, 0) is 31.9 Å². The molecule has 1 amide bonds. The summed E-state index contributed by atoms with van der Waals surface area (Å²) < 4.78 is 0. The fraction of sp³-hybridized carbons (Fsp3) is 0.615. The molecule has 2 N–H and O–H groups in total. The second-order valence-electron chi connectivity index (χ2n) is 4.72. The van der Waals surface area contributed by atoms with Gasteiger partial charge in [0.2, 0.25) is 0 Å². The van der Waals surface area contributed by atoms with E-state index in [4.69, 9.17) is 0 Å². The van der Waals surface area contributed by atoms with Crippen LogP contribution in [0.25, 0.3) is 0 Å². The number of hydrogen-bond acceptors (Lipinski definition) is 5. The van der Waals surface area contributed by atoms with Crippen LogP contribution in [-0.4, -0.2) is 40.5 Å². The molecule has 0 unspecified atom stereocenters. The molecule has 1 aliphatic carbocycles. The molecule has 5 nitrogen and oxygen atoms in total. The number of rotatable bonds is 4. The minimum Gasteiger partial charge on any atom is -0.372 e. The van der Waals surface area contributed by atoms with E-state index in [1.807, 2.05) is 11.8 Å². The predicted octanol–water partition coefficient (Wildman–Crippen LogP) is 1.92. The van der Waals surface area contributed by atoms with Crippen molar-refractivity contribution in [2.75, 3.05) is 18.6 Å².